The Kier molecular flexibility index (Phi) is 5.21. The van der Waals surface area contributed by atoms with Crippen molar-refractivity contribution >= 4 is 39.5 Å². The Morgan fingerprint density at radius 3 is 2.76 bits per heavy atom. The van der Waals surface area contributed by atoms with Gasteiger partial charge in [-0.1, -0.05) is 35.1 Å². The molecule has 29 heavy (non-hydrogen) atoms. The molecular formula is C20H18ClN5O2S. The van der Waals surface area contributed by atoms with Crippen LogP contribution in [0.25, 0.3) is 15.5 Å². The number of amides is 1. The third-order valence-corrected chi connectivity index (χ3v) is 5.62. The molecule has 9 heteroatoms. The minimum absolute atomic E-state index is 0.246. The first-order valence-corrected chi connectivity index (χ1v) is 10.2. The van der Waals surface area contributed by atoms with Crippen LogP contribution in [0.15, 0.2) is 36.4 Å². The van der Waals surface area contributed by atoms with E-state index in [4.69, 9.17) is 16.3 Å². The second kappa shape index (κ2) is 7.81. The fourth-order valence-electron chi connectivity index (χ4n) is 2.83. The maximum atomic E-state index is 12.7. The molecule has 0 bridgehead atoms. The third kappa shape index (κ3) is 3.81. The molecule has 0 atom stereocenters. The van der Waals surface area contributed by atoms with Crippen LogP contribution in [0.1, 0.15) is 28.7 Å². The maximum Gasteiger partial charge on any atom is 0.255 e. The molecule has 148 valence electrons. The van der Waals surface area contributed by atoms with Crippen molar-refractivity contribution in [2.24, 2.45) is 0 Å². The van der Waals surface area contributed by atoms with Crippen LogP contribution in [0, 0.1) is 13.8 Å². The second-order valence-electron chi connectivity index (χ2n) is 6.41. The van der Waals surface area contributed by atoms with Gasteiger partial charge in [-0.05, 0) is 50.6 Å². The van der Waals surface area contributed by atoms with Crippen molar-refractivity contribution in [2.45, 2.75) is 20.8 Å². The van der Waals surface area contributed by atoms with Gasteiger partial charge in [0.1, 0.15) is 10.8 Å². The summed E-state index contributed by atoms with van der Waals surface area (Å²) in [5.41, 5.74) is 3.00. The topological polar surface area (TPSA) is 81.4 Å². The van der Waals surface area contributed by atoms with E-state index < -0.39 is 0 Å². The molecule has 0 radical (unpaired) electrons. The Morgan fingerprint density at radius 2 is 2.03 bits per heavy atom. The number of aromatic nitrogens is 4. The molecule has 0 spiro atoms. The number of ether oxygens (including phenoxy) is 1. The molecule has 0 unspecified atom stereocenters. The fourth-order valence-corrected chi connectivity index (χ4v) is 3.95. The number of fused-ring (bicyclic) bond motifs is 1. The van der Waals surface area contributed by atoms with Gasteiger partial charge in [0.05, 0.1) is 11.6 Å². The zero-order valence-corrected chi connectivity index (χ0v) is 17.6. The van der Waals surface area contributed by atoms with Crippen LogP contribution >= 0.6 is 22.9 Å². The van der Waals surface area contributed by atoms with Gasteiger partial charge in [0.2, 0.25) is 4.96 Å². The number of carbonyl (C=O) groups excluding carboxylic acids is 1. The maximum absolute atomic E-state index is 12.7. The number of nitrogens with zero attached hydrogens (tertiary/aromatic N) is 4. The normalized spacial score (nSPS) is 11.0. The molecule has 2 aromatic carbocycles. The lowest BCUT2D eigenvalue weighted by molar-refractivity contribution is 0.102. The van der Waals surface area contributed by atoms with Crippen molar-refractivity contribution in [3.63, 3.8) is 0 Å². The van der Waals surface area contributed by atoms with Gasteiger partial charge in [0.15, 0.2) is 5.82 Å². The average molecular weight is 428 g/mol. The van der Waals surface area contributed by atoms with E-state index in [1.165, 1.54) is 11.3 Å². The second-order valence-corrected chi connectivity index (χ2v) is 7.77. The molecule has 2 aromatic heterocycles. The largest absolute Gasteiger partial charge is 0.492 e. The number of nitrogens with one attached hydrogen (secondary N) is 1. The van der Waals surface area contributed by atoms with Crippen molar-refractivity contribution in [2.75, 3.05) is 11.9 Å². The zero-order valence-electron chi connectivity index (χ0n) is 16.1. The van der Waals surface area contributed by atoms with Crippen molar-refractivity contribution in [3.8, 4) is 16.3 Å². The number of carbonyl (C=O) groups is 1. The predicted molar refractivity (Wildman–Crippen MR) is 114 cm³/mol. The molecule has 0 aliphatic carbocycles. The highest BCUT2D eigenvalue weighted by molar-refractivity contribution is 7.19. The molecule has 0 saturated heterocycles. The molecule has 2 heterocycles. The molecule has 4 rings (SSSR count). The van der Waals surface area contributed by atoms with Gasteiger partial charge < -0.3 is 10.1 Å². The first-order chi connectivity index (χ1) is 14.0. The van der Waals surface area contributed by atoms with Gasteiger partial charge in [-0.3, -0.25) is 4.79 Å². The quantitative estimate of drug-likeness (QED) is 0.496. The Balaban J connectivity index is 1.60. The van der Waals surface area contributed by atoms with Crippen molar-refractivity contribution in [3.05, 3.63) is 58.4 Å². The first-order valence-electron chi connectivity index (χ1n) is 9.00. The van der Waals surface area contributed by atoms with E-state index in [1.807, 2.05) is 39.0 Å². The highest BCUT2D eigenvalue weighted by atomic mass is 35.5. The van der Waals surface area contributed by atoms with Gasteiger partial charge in [-0.2, -0.15) is 9.61 Å². The van der Waals surface area contributed by atoms with E-state index in [9.17, 15) is 4.79 Å². The van der Waals surface area contributed by atoms with Crippen LogP contribution in [0.5, 0.6) is 5.75 Å². The monoisotopic (exact) mass is 427 g/mol. The first kappa shape index (κ1) is 19.4. The van der Waals surface area contributed by atoms with Gasteiger partial charge >= 0.3 is 0 Å². The SMILES string of the molecule is CCOc1ccc(C(=O)Nc2cc(-c3nn4c(C)nnc4s3)ccc2C)cc1Cl. The van der Waals surface area contributed by atoms with Gasteiger partial charge in [-0.15, -0.1) is 10.2 Å². The minimum atomic E-state index is -0.246. The van der Waals surface area contributed by atoms with E-state index >= 15 is 0 Å². The van der Waals surface area contributed by atoms with Gasteiger partial charge in [-0.25, -0.2) is 0 Å². The number of halogens is 1. The Hall–Kier alpha value is -2.97. The standard InChI is InChI=1S/C20H18ClN5O2S/c1-4-28-17-8-7-13(9-15(17)21)18(27)22-16-10-14(6-5-11(16)2)19-25-26-12(3)23-24-20(26)29-19/h5-10H,4H2,1-3H3,(H,22,27). The third-order valence-electron chi connectivity index (χ3n) is 4.37. The molecule has 0 fully saturated rings. The van der Waals surface area contributed by atoms with Crippen LogP contribution in [0.4, 0.5) is 5.69 Å². The highest BCUT2D eigenvalue weighted by Gasteiger charge is 2.14. The van der Waals surface area contributed by atoms with Crippen molar-refractivity contribution in [1.82, 2.24) is 19.8 Å². The number of anilines is 1. The van der Waals surface area contributed by atoms with Crippen LogP contribution in [0.3, 0.4) is 0 Å². The Morgan fingerprint density at radius 1 is 1.21 bits per heavy atom. The lowest BCUT2D eigenvalue weighted by Gasteiger charge is -2.11. The van der Waals surface area contributed by atoms with Crippen LogP contribution in [0.2, 0.25) is 5.02 Å². The summed E-state index contributed by atoms with van der Waals surface area (Å²) in [6.45, 7) is 6.18. The lowest BCUT2D eigenvalue weighted by atomic mass is 10.1. The minimum Gasteiger partial charge on any atom is -0.492 e. The molecule has 1 amide bonds. The van der Waals surface area contributed by atoms with Crippen LogP contribution in [-0.4, -0.2) is 32.3 Å². The lowest BCUT2D eigenvalue weighted by Crippen LogP contribution is -2.13. The summed E-state index contributed by atoms with van der Waals surface area (Å²) in [6.07, 6.45) is 0. The highest BCUT2D eigenvalue weighted by Crippen LogP contribution is 2.30. The number of benzene rings is 2. The molecule has 1 N–H and O–H groups in total. The predicted octanol–water partition coefficient (Wildman–Crippen LogP) is 4.77. The van der Waals surface area contributed by atoms with Gasteiger partial charge in [0, 0.05) is 16.8 Å². The van der Waals surface area contributed by atoms with E-state index in [0.717, 1.165) is 26.9 Å². The Bertz CT molecular complexity index is 1220. The number of hydrogen-bond donors (Lipinski definition) is 1. The smallest absolute Gasteiger partial charge is 0.255 e. The van der Waals surface area contributed by atoms with Crippen molar-refractivity contribution in [1.29, 1.82) is 0 Å². The summed E-state index contributed by atoms with van der Waals surface area (Å²) in [5.74, 6) is 1.04. The molecular weight excluding hydrogens is 410 g/mol. The molecule has 0 saturated carbocycles. The number of rotatable bonds is 5. The van der Waals surface area contributed by atoms with Crippen molar-refractivity contribution < 1.29 is 9.53 Å². The summed E-state index contributed by atoms with van der Waals surface area (Å²) < 4.78 is 7.13. The summed E-state index contributed by atoms with van der Waals surface area (Å²) in [7, 11) is 0. The van der Waals surface area contributed by atoms with E-state index in [2.05, 4.69) is 20.6 Å². The molecule has 0 aliphatic rings. The van der Waals surface area contributed by atoms with E-state index in [-0.39, 0.29) is 5.91 Å². The number of aryl methyl sites for hydroxylation is 2. The zero-order chi connectivity index (χ0) is 20.5. The van der Waals surface area contributed by atoms with E-state index in [1.54, 1.807) is 22.7 Å². The van der Waals surface area contributed by atoms with E-state index in [0.29, 0.717) is 28.6 Å². The summed E-state index contributed by atoms with van der Waals surface area (Å²) in [6, 6.07) is 10.8. The molecule has 4 aromatic rings. The summed E-state index contributed by atoms with van der Waals surface area (Å²) >= 11 is 7.65. The summed E-state index contributed by atoms with van der Waals surface area (Å²) in [5, 5.41) is 16.8. The number of hydrogen-bond acceptors (Lipinski definition) is 6. The summed E-state index contributed by atoms with van der Waals surface area (Å²) in [4.78, 5) is 13.5. The average Bonchev–Trinajstić information content (AvgIpc) is 3.27. The van der Waals surface area contributed by atoms with Crippen LogP contribution in [-0.2, 0) is 0 Å². The fraction of sp³-hybridized carbons (Fsp3) is 0.200. The van der Waals surface area contributed by atoms with Crippen LogP contribution < -0.4 is 10.1 Å². The Labute approximate surface area is 176 Å². The van der Waals surface area contributed by atoms with Gasteiger partial charge in [0.25, 0.3) is 5.91 Å². The molecule has 7 nitrogen and oxygen atoms in total. The molecule has 0 aliphatic heterocycles.